The van der Waals surface area contributed by atoms with Crippen molar-refractivity contribution >= 4 is 28.9 Å². The molecule has 1 atom stereocenters. The molecule has 0 aromatic carbocycles. The lowest BCUT2D eigenvalue weighted by Crippen LogP contribution is -2.48. The van der Waals surface area contributed by atoms with Crippen LogP contribution in [0.25, 0.3) is 0 Å². The largest absolute Gasteiger partial charge is 0.465 e. The molecule has 0 fully saturated rings. The second-order valence-corrected chi connectivity index (χ2v) is 5.19. The van der Waals surface area contributed by atoms with Gasteiger partial charge in [0.05, 0.1) is 18.3 Å². The Morgan fingerprint density at radius 2 is 2.22 bits per heavy atom. The van der Waals surface area contributed by atoms with E-state index in [2.05, 4.69) is 10.1 Å². The van der Waals surface area contributed by atoms with Crippen molar-refractivity contribution in [2.45, 2.75) is 32.2 Å². The van der Waals surface area contributed by atoms with Crippen LogP contribution in [0.3, 0.4) is 0 Å². The summed E-state index contributed by atoms with van der Waals surface area (Å²) >= 11 is 1.22. The number of nitrogens with two attached hydrogens (primary N) is 1. The Hall–Kier alpha value is -1.40. The number of amides is 1. The standard InChI is InChI=1S/C12H18N2O3S/c1-4-6-12(2,13)11(16)14-8-5-7-18-9(8)10(15)17-3/h5,7H,4,6,13H2,1-3H3,(H,14,16). The monoisotopic (exact) mass is 270 g/mol. The van der Waals surface area contributed by atoms with Crippen LogP contribution in [-0.4, -0.2) is 24.5 Å². The zero-order valence-electron chi connectivity index (χ0n) is 10.8. The van der Waals surface area contributed by atoms with Gasteiger partial charge >= 0.3 is 5.97 Å². The second-order valence-electron chi connectivity index (χ2n) is 4.28. The fourth-order valence-electron chi connectivity index (χ4n) is 1.56. The summed E-state index contributed by atoms with van der Waals surface area (Å²) in [4.78, 5) is 23.8. The van der Waals surface area contributed by atoms with E-state index in [1.54, 1.807) is 18.4 Å². The molecule has 0 aliphatic heterocycles. The first kappa shape index (κ1) is 14.7. The Morgan fingerprint density at radius 1 is 1.56 bits per heavy atom. The van der Waals surface area contributed by atoms with Crippen molar-refractivity contribution in [2.75, 3.05) is 12.4 Å². The summed E-state index contributed by atoms with van der Waals surface area (Å²) in [5.74, 6) is -0.762. The molecule has 100 valence electrons. The fraction of sp³-hybridized carbons (Fsp3) is 0.500. The third-order valence-corrected chi connectivity index (χ3v) is 3.47. The highest BCUT2D eigenvalue weighted by Gasteiger charge is 2.28. The molecule has 1 aromatic rings. The molecule has 0 spiro atoms. The molecule has 18 heavy (non-hydrogen) atoms. The minimum atomic E-state index is -0.940. The highest BCUT2D eigenvalue weighted by atomic mass is 32.1. The molecule has 6 heteroatoms. The van der Waals surface area contributed by atoms with Crippen LogP contribution < -0.4 is 11.1 Å². The molecule has 3 N–H and O–H groups in total. The van der Waals surface area contributed by atoms with E-state index in [0.717, 1.165) is 6.42 Å². The maximum atomic E-state index is 12.0. The SMILES string of the molecule is CCCC(C)(N)C(=O)Nc1ccsc1C(=O)OC. The number of nitrogens with one attached hydrogen (secondary N) is 1. The third-order valence-electron chi connectivity index (χ3n) is 2.57. The number of hydrogen-bond acceptors (Lipinski definition) is 5. The predicted molar refractivity (Wildman–Crippen MR) is 71.8 cm³/mol. The summed E-state index contributed by atoms with van der Waals surface area (Å²) in [7, 11) is 1.30. The number of thiophene rings is 1. The molecule has 1 aromatic heterocycles. The van der Waals surface area contributed by atoms with Gasteiger partial charge in [-0.15, -0.1) is 11.3 Å². The Labute approximate surface area is 110 Å². The normalized spacial score (nSPS) is 13.8. The molecular weight excluding hydrogens is 252 g/mol. The Balaban J connectivity index is 2.83. The molecule has 0 radical (unpaired) electrons. The first-order valence-electron chi connectivity index (χ1n) is 5.68. The van der Waals surface area contributed by atoms with Crippen molar-refractivity contribution in [3.63, 3.8) is 0 Å². The van der Waals surface area contributed by atoms with Gasteiger partial charge in [0.15, 0.2) is 0 Å². The number of carbonyl (C=O) groups excluding carboxylic acids is 2. The van der Waals surface area contributed by atoms with Crippen LogP contribution in [-0.2, 0) is 9.53 Å². The van der Waals surface area contributed by atoms with Gasteiger partial charge in [-0.25, -0.2) is 4.79 Å². The Bertz CT molecular complexity index is 440. The van der Waals surface area contributed by atoms with E-state index >= 15 is 0 Å². The minimum Gasteiger partial charge on any atom is -0.465 e. The lowest BCUT2D eigenvalue weighted by Gasteiger charge is -2.22. The van der Waals surface area contributed by atoms with Crippen LogP contribution >= 0.6 is 11.3 Å². The first-order chi connectivity index (χ1) is 8.42. The zero-order valence-corrected chi connectivity index (χ0v) is 11.6. The van der Waals surface area contributed by atoms with Crippen LogP contribution in [0, 0.1) is 0 Å². The number of hydrogen-bond donors (Lipinski definition) is 2. The van der Waals surface area contributed by atoms with Gasteiger partial charge in [0.2, 0.25) is 5.91 Å². The lowest BCUT2D eigenvalue weighted by molar-refractivity contribution is -0.120. The number of esters is 1. The molecule has 1 rings (SSSR count). The summed E-state index contributed by atoms with van der Waals surface area (Å²) in [6.07, 6.45) is 1.39. The molecule has 0 bridgehead atoms. The molecular formula is C12H18N2O3S. The molecule has 0 saturated carbocycles. The average Bonchev–Trinajstić information content (AvgIpc) is 2.76. The van der Waals surface area contributed by atoms with Crippen molar-refractivity contribution in [1.29, 1.82) is 0 Å². The highest BCUT2D eigenvalue weighted by Crippen LogP contribution is 2.24. The van der Waals surface area contributed by atoms with Crippen molar-refractivity contribution in [3.8, 4) is 0 Å². The van der Waals surface area contributed by atoms with Crippen molar-refractivity contribution in [2.24, 2.45) is 5.73 Å². The predicted octanol–water partition coefficient (Wildman–Crippen LogP) is 1.99. The molecule has 5 nitrogen and oxygen atoms in total. The van der Waals surface area contributed by atoms with E-state index in [4.69, 9.17) is 5.73 Å². The lowest BCUT2D eigenvalue weighted by atomic mass is 9.96. The quantitative estimate of drug-likeness (QED) is 0.802. The number of rotatable bonds is 5. The smallest absolute Gasteiger partial charge is 0.350 e. The van der Waals surface area contributed by atoms with Crippen molar-refractivity contribution < 1.29 is 14.3 Å². The van der Waals surface area contributed by atoms with Crippen molar-refractivity contribution in [3.05, 3.63) is 16.3 Å². The van der Waals surface area contributed by atoms with Gasteiger partial charge < -0.3 is 15.8 Å². The van der Waals surface area contributed by atoms with Crippen LogP contribution in [0.15, 0.2) is 11.4 Å². The summed E-state index contributed by atoms with van der Waals surface area (Å²) in [5.41, 5.74) is 5.43. The molecule has 1 amide bonds. The van der Waals surface area contributed by atoms with E-state index in [1.165, 1.54) is 18.4 Å². The van der Waals surface area contributed by atoms with E-state index in [-0.39, 0.29) is 5.91 Å². The average molecular weight is 270 g/mol. The number of carbonyl (C=O) groups is 2. The fourth-order valence-corrected chi connectivity index (χ4v) is 2.32. The van der Waals surface area contributed by atoms with E-state index in [0.29, 0.717) is 17.0 Å². The van der Waals surface area contributed by atoms with Gasteiger partial charge in [0.1, 0.15) is 4.88 Å². The van der Waals surface area contributed by atoms with Crippen LogP contribution in [0.2, 0.25) is 0 Å². The topological polar surface area (TPSA) is 81.4 Å². The molecule has 1 unspecified atom stereocenters. The van der Waals surface area contributed by atoms with Gasteiger partial charge in [-0.05, 0) is 24.8 Å². The summed E-state index contributed by atoms with van der Waals surface area (Å²) in [6.45, 7) is 3.64. The van der Waals surface area contributed by atoms with E-state index in [9.17, 15) is 9.59 Å². The molecule has 0 aliphatic carbocycles. The Kier molecular flexibility index (Phi) is 4.86. The first-order valence-corrected chi connectivity index (χ1v) is 6.56. The number of methoxy groups -OCH3 is 1. The highest BCUT2D eigenvalue weighted by molar-refractivity contribution is 7.12. The second kappa shape index (κ2) is 5.97. The Morgan fingerprint density at radius 3 is 2.78 bits per heavy atom. The van der Waals surface area contributed by atoms with Crippen LogP contribution in [0.1, 0.15) is 36.4 Å². The number of ether oxygens (including phenoxy) is 1. The van der Waals surface area contributed by atoms with Gasteiger partial charge in [-0.2, -0.15) is 0 Å². The van der Waals surface area contributed by atoms with Gasteiger partial charge in [0, 0.05) is 0 Å². The maximum absolute atomic E-state index is 12.0. The summed E-state index contributed by atoms with van der Waals surface area (Å²) in [6, 6.07) is 1.66. The molecule has 0 aliphatic rings. The van der Waals surface area contributed by atoms with Crippen LogP contribution in [0.4, 0.5) is 5.69 Å². The van der Waals surface area contributed by atoms with Gasteiger partial charge in [0.25, 0.3) is 0 Å². The molecule has 0 saturated heterocycles. The number of anilines is 1. The van der Waals surface area contributed by atoms with E-state index in [1.807, 2.05) is 6.92 Å². The summed E-state index contributed by atoms with van der Waals surface area (Å²) in [5, 5.41) is 4.39. The van der Waals surface area contributed by atoms with Gasteiger partial charge in [-0.3, -0.25) is 4.79 Å². The maximum Gasteiger partial charge on any atom is 0.350 e. The summed E-state index contributed by atoms with van der Waals surface area (Å²) < 4.78 is 4.64. The van der Waals surface area contributed by atoms with E-state index < -0.39 is 11.5 Å². The van der Waals surface area contributed by atoms with Gasteiger partial charge in [-0.1, -0.05) is 13.3 Å². The minimum absolute atomic E-state index is 0.298. The zero-order chi connectivity index (χ0) is 13.8. The molecule has 1 heterocycles. The van der Waals surface area contributed by atoms with Crippen molar-refractivity contribution in [1.82, 2.24) is 0 Å². The third kappa shape index (κ3) is 3.30. The van der Waals surface area contributed by atoms with Crippen LogP contribution in [0.5, 0.6) is 0 Å².